The van der Waals surface area contributed by atoms with Gasteiger partial charge < -0.3 is 9.47 Å². The van der Waals surface area contributed by atoms with Crippen molar-refractivity contribution in [1.29, 1.82) is 0 Å². The van der Waals surface area contributed by atoms with Crippen molar-refractivity contribution in [1.82, 2.24) is 18.7 Å². The summed E-state index contributed by atoms with van der Waals surface area (Å²) in [7, 11) is 3.08. The van der Waals surface area contributed by atoms with Crippen molar-refractivity contribution in [3.05, 3.63) is 26.7 Å². The summed E-state index contributed by atoms with van der Waals surface area (Å²) in [6.07, 6.45) is 3.57. The topological polar surface area (TPSA) is 83.3 Å². The molecule has 0 spiro atoms. The Morgan fingerprint density at radius 2 is 1.86 bits per heavy atom. The third-order valence-electron chi connectivity index (χ3n) is 6.03. The molecule has 0 radical (unpaired) electrons. The molecule has 28 heavy (non-hydrogen) atoms. The van der Waals surface area contributed by atoms with Gasteiger partial charge in [-0.25, -0.2) is 9.78 Å². The zero-order valence-corrected chi connectivity index (χ0v) is 17.8. The highest BCUT2D eigenvalue weighted by Gasteiger charge is 2.29. The minimum absolute atomic E-state index is 0.0330. The highest BCUT2D eigenvalue weighted by Crippen LogP contribution is 2.19. The smallest absolute Gasteiger partial charge is 0.326 e. The number of fused-ring (bicyclic) bond motifs is 1. The lowest BCUT2D eigenvalue weighted by Crippen LogP contribution is -3.15. The molecule has 2 aromatic heterocycles. The van der Waals surface area contributed by atoms with Gasteiger partial charge in [-0.15, -0.1) is 0 Å². The Labute approximate surface area is 164 Å². The third-order valence-corrected chi connectivity index (χ3v) is 6.03. The summed E-state index contributed by atoms with van der Waals surface area (Å²) in [5.41, 5.74) is -0.643. The molecule has 154 valence electrons. The van der Waals surface area contributed by atoms with Crippen LogP contribution in [0.5, 0.6) is 0 Å². The van der Waals surface area contributed by atoms with E-state index < -0.39 is 16.7 Å². The van der Waals surface area contributed by atoms with Crippen LogP contribution >= 0.6 is 0 Å². The van der Waals surface area contributed by atoms with Gasteiger partial charge in [0.25, 0.3) is 5.56 Å². The molecule has 0 amide bonds. The summed E-state index contributed by atoms with van der Waals surface area (Å²) in [4.78, 5) is 44.1. The van der Waals surface area contributed by atoms with Crippen LogP contribution in [0.3, 0.4) is 0 Å². The predicted molar refractivity (Wildman–Crippen MR) is 108 cm³/mol. The number of imidazole rings is 1. The molecule has 1 N–H and O–H groups in total. The lowest BCUT2D eigenvalue weighted by atomic mass is 9.91. The Hall–Kier alpha value is -2.22. The largest absolute Gasteiger partial charge is 0.332 e. The number of hydrogen-bond donors (Lipinski definition) is 1. The van der Waals surface area contributed by atoms with E-state index in [1.54, 1.807) is 11.6 Å². The van der Waals surface area contributed by atoms with Crippen molar-refractivity contribution in [3.63, 3.8) is 0 Å². The van der Waals surface area contributed by atoms with E-state index in [0.29, 0.717) is 29.6 Å². The van der Waals surface area contributed by atoms with Crippen LogP contribution in [0.25, 0.3) is 11.2 Å². The van der Waals surface area contributed by atoms with Crippen LogP contribution in [-0.2, 0) is 32.0 Å². The number of carbonyl (C=O) groups excluding carboxylic acids is 1. The van der Waals surface area contributed by atoms with Crippen LogP contribution in [-0.4, -0.2) is 37.1 Å². The van der Waals surface area contributed by atoms with E-state index in [-0.39, 0.29) is 12.3 Å². The van der Waals surface area contributed by atoms with Crippen molar-refractivity contribution < 1.29 is 9.69 Å². The number of piperidine rings is 1. The molecule has 8 nitrogen and oxygen atoms in total. The molecule has 1 fully saturated rings. The maximum absolute atomic E-state index is 12.9. The molecule has 0 aromatic carbocycles. The quantitative estimate of drug-likeness (QED) is 0.797. The first kappa shape index (κ1) is 20.5. The van der Waals surface area contributed by atoms with Crippen LogP contribution in [0.2, 0.25) is 0 Å². The Bertz CT molecular complexity index is 1020. The van der Waals surface area contributed by atoms with E-state index in [1.165, 1.54) is 29.4 Å². The molecule has 8 heteroatoms. The molecular weight excluding hydrogens is 358 g/mol. The van der Waals surface area contributed by atoms with Crippen molar-refractivity contribution in [2.75, 3.05) is 6.54 Å². The van der Waals surface area contributed by atoms with Crippen LogP contribution in [0.15, 0.2) is 9.59 Å². The maximum Gasteiger partial charge on any atom is 0.332 e. The second-order valence-electron chi connectivity index (χ2n) is 9.15. The van der Waals surface area contributed by atoms with E-state index in [9.17, 15) is 14.4 Å². The zero-order valence-electron chi connectivity index (χ0n) is 17.8. The number of carbonyl (C=O) groups is 1. The number of aryl methyl sites for hydroxylation is 1. The van der Waals surface area contributed by atoms with Crippen molar-refractivity contribution in [2.24, 2.45) is 19.5 Å². The lowest BCUT2D eigenvalue weighted by Gasteiger charge is -2.30. The van der Waals surface area contributed by atoms with Gasteiger partial charge in [0.1, 0.15) is 6.54 Å². The minimum atomic E-state index is -0.523. The first-order valence-electron chi connectivity index (χ1n) is 10.1. The van der Waals surface area contributed by atoms with Crippen LogP contribution in [0.4, 0.5) is 0 Å². The molecule has 0 saturated carbocycles. The fraction of sp³-hybridized carbons (Fsp3) is 0.700. The third kappa shape index (κ3) is 3.57. The summed E-state index contributed by atoms with van der Waals surface area (Å²) in [6.45, 7) is 9.64. The number of likely N-dealkylation sites (tertiary alicyclic amines) is 1. The molecule has 1 aliphatic heterocycles. The van der Waals surface area contributed by atoms with Crippen molar-refractivity contribution >= 4 is 16.9 Å². The Kier molecular flexibility index (Phi) is 5.36. The molecule has 3 rings (SSSR count). The fourth-order valence-electron chi connectivity index (χ4n) is 3.90. The second-order valence-corrected chi connectivity index (χ2v) is 9.15. The van der Waals surface area contributed by atoms with E-state index in [4.69, 9.17) is 0 Å². The van der Waals surface area contributed by atoms with Gasteiger partial charge in [0.15, 0.2) is 22.8 Å². The van der Waals surface area contributed by atoms with Crippen molar-refractivity contribution in [2.45, 2.75) is 66.1 Å². The summed E-state index contributed by atoms with van der Waals surface area (Å²) in [5.74, 6) is 0.736. The van der Waals surface area contributed by atoms with Gasteiger partial charge >= 0.3 is 5.69 Å². The van der Waals surface area contributed by atoms with Gasteiger partial charge in [-0.2, -0.15) is 0 Å². The minimum Gasteiger partial charge on any atom is -0.326 e. The average Bonchev–Trinajstić information content (AvgIpc) is 2.97. The average molecular weight is 391 g/mol. The van der Waals surface area contributed by atoms with Crippen molar-refractivity contribution in [3.8, 4) is 0 Å². The van der Waals surface area contributed by atoms with Gasteiger partial charge in [-0.05, 0) is 26.2 Å². The molecule has 1 unspecified atom stereocenters. The molecule has 1 saturated heterocycles. The Morgan fingerprint density at radius 3 is 2.46 bits per heavy atom. The Morgan fingerprint density at radius 1 is 1.18 bits per heavy atom. The van der Waals surface area contributed by atoms with E-state index >= 15 is 0 Å². The second kappa shape index (κ2) is 7.31. The number of hydrogen-bond acceptors (Lipinski definition) is 4. The number of nitrogens with one attached hydrogen (secondary N) is 1. The normalized spacial score (nSPS) is 20.6. The summed E-state index contributed by atoms with van der Waals surface area (Å²) in [5, 5.41) is 0. The number of rotatable bonds is 4. The summed E-state index contributed by atoms with van der Waals surface area (Å²) < 4.78 is 4.23. The number of Topliss-reactive ketones (excluding diaryl/α,β-unsaturated/α-hetero) is 1. The van der Waals surface area contributed by atoms with E-state index in [2.05, 4.69) is 11.9 Å². The summed E-state index contributed by atoms with van der Waals surface area (Å²) >= 11 is 0. The Balaban J connectivity index is 2.18. The fourth-order valence-corrected chi connectivity index (χ4v) is 3.90. The number of quaternary nitrogens is 1. The molecule has 2 atom stereocenters. The first-order valence-corrected chi connectivity index (χ1v) is 10.1. The standard InChI is InChI=1S/C20H31N5O3/c1-13-9-7-8-10-24(13)12-15-21-17-16(18(27)23(6)19(28)22(17)5)25(15)11-14(26)20(2,3)4/h13H,7-12H2,1-6H3/p+1/t13-/m1/s1. The molecule has 0 aliphatic carbocycles. The van der Waals surface area contributed by atoms with Gasteiger partial charge in [-0.1, -0.05) is 20.8 Å². The molecule has 1 aliphatic rings. The van der Waals surface area contributed by atoms with Gasteiger partial charge in [0, 0.05) is 19.5 Å². The molecule has 0 bridgehead atoms. The summed E-state index contributed by atoms with van der Waals surface area (Å²) in [6, 6.07) is 0.506. The SMILES string of the molecule is C[C@@H]1CCCC[NH+]1Cc1nc2c(c(=O)n(C)c(=O)n2C)n1CC(=O)C(C)(C)C. The van der Waals surface area contributed by atoms with Gasteiger partial charge in [0.2, 0.25) is 0 Å². The molecule has 3 heterocycles. The number of aromatic nitrogens is 4. The highest BCUT2D eigenvalue weighted by molar-refractivity contribution is 5.85. The molecule has 2 aromatic rings. The first-order chi connectivity index (χ1) is 13.0. The van der Waals surface area contributed by atoms with E-state index in [1.807, 2.05) is 20.8 Å². The predicted octanol–water partition coefficient (Wildman–Crippen LogP) is 0.00620. The van der Waals surface area contributed by atoms with E-state index in [0.717, 1.165) is 17.5 Å². The zero-order chi connectivity index (χ0) is 20.8. The highest BCUT2D eigenvalue weighted by atomic mass is 16.2. The van der Waals surface area contributed by atoms with Gasteiger partial charge in [-0.3, -0.25) is 18.7 Å². The number of ketones is 1. The maximum atomic E-state index is 12.9. The van der Waals surface area contributed by atoms with Crippen LogP contribution in [0.1, 0.15) is 52.8 Å². The molecular formula is C20H32N5O3+. The van der Waals surface area contributed by atoms with Crippen LogP contribution in [0, 0.1) is 5.41 Å². The number of nitrogens with zero attached hydrogens (tertiary/aromatic N) is 4. The van der Waals surface area contributed by atoms with Crippen LogP contribution < -0.4 is 16.1 Å². The van der Waals surface area contributed by atoms with Gasteiger partial charge in [0.05, 0.1) is 19.1 Å². The lowest BCUT2D eigenvalue weighted by molar-refractivity contribution is -0.942. The monoisotopic (exact) mass is 390 g/mol.